The van der Waals surface area contributed by atoms with Crippen LogP contribution in [0.3, 0.4) is 0 Å². The first-order chi connectivity index (χ1) is 13.3. The minimum atomic E-state index is -0.978. The summed E-state index contributed by atoms with van der Waals surface area (Å²) in [5.74, 6) is -1.56. The van der Waals surface area contributed by atoms with E-state index in [4.69, 9.17) is 0 Å². The first-order valence-corrected chi connectivity index (χ1v) is 9.59. The molecule has 1 aromatic carbocycles. The molecular formula is C20H22FN3O4. The van der Waals surface area contributed by atoms with Crippen LogP contribution in [0.25, 0.3) is 0 Å². The highest BCUT2D eigenvalue weighted by atomic mass is 19.1. The summed E-state index contributed by atoms with van der Waals surface area (Å²) in [6, 6.07) is 4.02. The van der Waals surface area contributed by atoms with Crippen molar-refractivity contribution in [3.63, 3.8) is 0 Å². The van der Waals surface area contributed by atoms with Crippen molar-refractivity contribution in [2.45, 2.75) is 38.6 Å². The van der Waals surface area contributed by atoms with Gasteiger partial charge in [0.05, 0.1) is 0 Å². The van der Waals surface area contributed by atoms with Crippen LogP contribution in [-0.2, 0) is 14.4 Å². The lowest BCUT2D eigenvalue weighted by molar-refractivity contribution is -0.144. The molecule has 3 aliphatic rings. The summed E-state index contributed by atoms with van der Waals surface area (Å²) >= 11 is 0. The number of fused-ring (bicyclic) bond motifs is 2. The molecule has 148 valence electrons. The van der Waals surface area contributed by atoms with Gasteiger partial charge in [-0.25, -0.2) is 14.1 Å². The monoisotopic (exact) mass is 387 g/mol. The summed E-state index contributed by atoms with van der Waals surface area (Å²) in [6.07, 6.45) is 4.41. The van der Waals surface area contributed by atoms with Gasteiger partial charge in [0.1, 0.15) is 12.4 Å². The smallest absolute Gasteiger partial charge is 0.325 e. The van der Waals surface area contributed by atoms with Crippen molar-refractivity contribution in [1.82, 2.24) is 9.80 Å². The highest BCUT2D eigenvalue weighted by molar-refractivity contribution is 6.45. The Bertz CT molecular complexity index is 840. The first-order valence-electron chi connectivity index (χ1n) is 9.59. The zero-order valence-corrected chi connectivity index (χ0v) is 15.6. The Labute approximate surface area is 161 Å². The van der Waals surface area contributed by atoms with E-state index in [1.54, 1.807) is 0 Å². The van der Waals surface area contributed by atoms with Crippen LogP contribution in [0.4, 0.5) is 14.9 Å². The second-order valence-electron chi connectivity index (χ2n) is 7.98. The third-order valence-corrected chi connectivity index (χ3v) is 6.33. The molecule has 4 rings (SSSR count). The Balaban J connectivity index is 1.43. The normalized spacial score (nSPS) is 27.6. The number of carbonyl (C=O) groups excluding carboxylic acids is 4. The maximum atomic E-state index is 12.9. The SMILES string of the molecule is C[C@@H]([C@H]1C[C@H]2CC[C@H]1C2)N1C(=O)C(=O)N(CC(=O)Nc2ccc(F)cc2)C1=O. The van der Waals surface area contributed by atoms with Crippen molar-refractivity contribution < 1.29 is 23.6 Å². The van der Waals surface area contributed by atoms with E-state index in [-0.39, 0.29) is 12.0 Å². The van der Waals surface area contributed by atoms with Crippen LogP contribution in [0.15, 0.2) is 24.3 Å². The quantitative estimate of drug-likeness (QED) is 0.621. The standard InChI is InChI=1S/C20H22FN3O4/c1-11(16-9-12-2-3-13(16)8-12)24-19(27)18(26)23(20(24)28)10-17(25)22-15-6-4-14(21)5-7-15/h4-7,11-13,16H,2-3,8-10H2,1H3,(H,22,25)/t11-,12-,13-,16+/m0/s1. The zero-order chi connectivity index (χ0) is 20.0. The fraction of sp³-hybridized carbons (Fsp3) is 0.500. The minimum Gasteiger partial charge on any atom is -0.325 e. The van der Waals surface area contributed by atoms with Crippen LogP contribution in [0.5, 0.6) is 0 Å². The van der Waals surface area contributed by atoms with E-state index in [0.717, 1.165) is 24.2 Å². The average molecular weight is 387 g/mol. The van der Waals surface area contributed by atoms with Crippen LogP contribution in [0, 0.1) is 23.6 Å². The van der Waals surface area contributed by atoms with Crippen LogP contribution in [-0.4, -0.2) is 46.1 Å². The number of nitrogens with one attached hydrogen (secondary N) is 1. The average Bonchev–Trinajstić information content (AvgIpc) is 3.35. The Morgan fingerprint density at radius 3 is 2.46 bits per heavy atom. The fourth-order valence-electron chi connectivity index (χ4n) is 4.97. The lowest BCUT2D eigenvalue weighted by Crippen LogP contribution is -2.45. The van der Waals surface area contributed by atoms with E-state index < -0.39 is 36.1 Å². The molecule has 7 nitrogen and oxygen atoms in total. The molecular weight excluding hydrogens is 365 g/mol. The van der Waals surface area contributed by atoms with Crippen molar-refractivity contribution in [1.29, 1.82) is 0 Å². The number of hydrogen-bond donors (Lipinski definition) is 1. The number of anilines is 1. The topological polar surface area (TPSA) is 86.8 Å². The van der Waals surface area contributed by atoms with E-state index in [2.05, 4.69) is 5.32 Å². The molecule has 0 radical (unpaired) electrons. The molecule has 1 heterocycles. The van der Waals surface area contributed by atoms with Crippen molar-refractivity contribution in [3.8, 4) is 0 Å². The van der Waals surface area contributed by atoms with E-state index in [9.17, 15) is 23.6 Å². The Morgan fingerprint density at radius 2 is 1.86 bits per heavy atom. The van der Waals surface area contributed by atoms with E-state index in [1.165, 1.54) is 30.7 Å². The van der Waals surface area contributed by atoms with Crippen LogP contribution in [0.2, 0.25) is 0 Å². The number of nitrogens with zero attached hydrogens (tertiary/aromatic N) is 2. The van der Waals surface area contributed by atoms with Gasteiger partial charge in [-0.1, -0.05) is 6.42 Å². The highest BCUT2D eigenvalue weighted by Gasteiger charge is 2.52. The van der Waals surface area contributed by atoms with Crippen LogP contribution < -0.4 is 5.32 Å². The van der Waals surface area contributed by atoms with Gasteiger partial charge in [0, 0.05) is 11.7 Å². The van der Waals surface area contributed by atoms with Gasteiger partial charge in [-0.2, -0.15) is 0 Å². The maximum absolute atomic E-state index is 12.9. The number of halogens is 1. The molecule has 4 atom stereocenters. The van der Waals surface area contributed by atoms with Gasteiger partial charge in [-0.3, -0.25) is 19.3 Å². The molecule has 2 bridgehead atoms. The van der Waals surface area contributed by atoms with E-state index in [1.807, 2.05) is 6.92 Å². The largest absolute Gasteiger partial charge is 0.334 e. The summed E-state index contributed by atoms with van der Waals surface area (Å²) in [4.78, 5) is 51.4. The van der Waals surface area contributed by atoms with Gasteiger partial charge in [-0.05, 0) is 68.2 Å². The second kappa shape index (κ2) is 7.00. The van der Waals surface area contributed by atoms with Crippen molar-refractivity contribution in [3.05, 3.63) is 30.1 Å². The Kier molecular flexibility index (Phi) is 4.64. The van der Waals surface area contributed by atoms with Crippen molar-refractivity contribution in [2.24, 2.45) is 17.8 Å². The third kappa shape index (κ3) is 3.16. The first kappa shape index (κ1) is 18.6. The zero-order valence-electron chi connectivity index (χ0n) is 15.6. The van der Waals surface area contributed by atoms with E-state index in [0.29, 0.717) is 22.4 Å². The molecule has 8 heteroatoms. The lowest BCUT2D eigenvalue weighted by atomic mass is 9.83. The minimum absolute atomic E-state index is 0.215. The van der Waals surface area contributed by atoms with Gasteiger partial charge in [-0.15, -0.1) is 0 Å². The molecule has 0 unspecified atom stereocenters. The molecule has 0 aromatic heterocycles. The number of rotatable bonds is 5. The molecule has 5 amide bonds. The number of urea groups is 1. The molecule has 1 N–H and O–H groups in total. The number of carbonyl (C=O) groups is 4. The van der Waals surface area contributed by atoms with E-state index >= 15 is 0 Å². The molecule has 2 saturated carbocycles. The number of imide groups is 2. The van der Waals surface area contributed by atoms with Gasteiger partial charge in [0.15, 0.2) is 0 Å². The molecule has 3 fully saturated rings. The van der Waals surface area contributed by atoms with Gasteiger partial charge in [0.25, 0.3) is 0 Å². The Morgan fingerprint density at radius 1 is 1.14 bits per heavy atom. The summed E-state index contributed by atoms with van der Waals surface area (Å²) in [5, 5.41) is 2.49. The van der Waals surface area contributed by atoms with Crippen molar-refractivity contribution in [2.75, 3.05) is 11.9 Å². The Hall–Kier alpha value is -2.77. The predicted molar refractivity (Wildman–Crippen MR) is 97.4 cm³/mol. The van der Waals surface area contributed by atoms with Gasteiger partial charge >= 0.3 is 17.8 Å². The maximum Gasteiger partial charge on any atom is 0.334 e. The summed E-state index contributed by atoms with van der Waals surface area (Å²) in [5.41, 5.74) is 0.337. The molecule has 1 saturated heterocycles. The van der Waals surface area contributed by atoms with Gasteiger partial charge < -0.3 is 5.32 Å². The van der Waals surface area contributed by atoms with Crippen molar-refractivity contribution >= 4 is 29.4 Å². The number of hydrogen-bond acceptors (Lipinski definition) is 4. The predicted octanol–water partition coefficient (Wildman–Crippen LogP) is 2.38. The second-order valence-corrected chi connectivity index (χ2v) is 7.98. The summed E-state index contributed by atoms with van der Waals surface area (Å²) in [7, 11) is 0. The fourth-order valence-corrected chi connectivity index (χ4v) is 4.97. The summed E-state index contributed by atoms with van der Waals surface area (Å²) in [6.45, 7) is 1.26. The molecule has 1 aliphatic heterocycles. The van der Waals surface area contributed by atoms with Crippen LogP contribution in [0.1, 0.15) is 32.6 Å². The molecule has 2 aliphatic carbocycles. The highest BCUT2D eigenvalue weighted by Crippen LogP contribution is 2.50. The van der Waals surface area contributed by atoms with Crippen LogP contribution >= 0.6 is 0 Å². The number of amides is 5. The molecule has 28 heavy (non-hydrogen) atoms. The summed E-state index contributed by atoms with van der Waals surface area (Å²) < 4.78 is 12.9. The van der Waals surface area contributed by atoms with Gasteiger partial charge in [0.2, 0.25) is 5.91 Å². The molecule has 1 aromatic rings. The third-order valence-electron chi connectivity index (χ3n) is 6.33. The lowest BCUT2D eigenvalue weighted by Gasteiger charge is -2.32. The number of benzene rings is 1. The molecule has 0 spiro atoms.